The maximum absolute atomic E-state index is 13.5. The van der Waals surface area contributed by atoms with E-state index in [0.29, 0.717) is 53.9 Å². The second-order valence-electron chi connectivity index (χ2n) is 9.83. The van der Waals surface area contributed by atoms with Crippen molar-refractivity contribution >= 4 is 17.4 Å². The summed E-state index contributed by atoms with van der Waals surface area (Å²) in [4.78, 5) is 32.6. The van der Waals surface area contributed by atoms with Crippen molar-refractivity contribution < 1.29 is 33.6 Å². The van der Waals surface area contributed by atoms with E-state index in [1.54, 1.807) is 54.9 Å². The Morgan fingerprint density at radius 1 is 0.929 bits per heavy atom. The number of aromatic nitrogens is 1. The molecule has 0 aliphatic carbocycles. The molecule has 9 heteroatoms. The van der Waals surface area contributed by atoms with Gasteiger partial charge in [0.25, 0.3) is 11.7 Å². The maximum atomic E-state index is 13.5. The first-order valence-electron chi connectivity index (χ1n) is 13.5. The number of carbonyl (C=O) groups is 2. The lowest BCUT2D eigenvalue weighted by Crippen LogP contribution is -2.29. The lowest BCUT2D eigenvalue weighted by molar-refractivity contribution is -0.140. The van der Waals surface area contributed by atoms with Gasteiger partial charge in [0.15, 0.2) is 23.0 Å². The Labute approximate surface area is 242 Å². The molecule has 0 bridgehead atoms. The minimum Gasteiger partial charge on any atom is -0.507 e. The van der Waals surface area contributed by atoms with Crippen LogP contribution in [0.1, 0.15) is 28.3 Å². The zero-order valence-electron chi connectivity index (χ0n) is 22.9. The van der Waals surface area contributed by atoms with Crippen LogP contribution in [0, 0.1) is 0 Å². The second-order valence-corrected chi connectivity index (χ2v) is 9.83. The molecule has 2 aliphatic heterocycles. The van der Waals surface area contributed by atoms with Crippen molar-refractivity contribution in [1.29, 1.82) is 0 Å². The van der Waals surface area contributed by atoms with Crippen LogP contribution in [0.15, 0.2) is 96.8 Å². The Hall–Kier alpha value is -5.31. The predicted octanol–water partition coefficient (Wildman–Crippen LogP) is 5.06. The van der Waals surface area contributed by atoms with Crippen LogP contribution in [0.5, 0.6) is 23.0 Å². The van der Waals surface area contributed by atoms with Gasteiger partial charge in [-0.3, -0.25) is 14.6 Å². The van der Waals surface area contributed by atoms with E-state index in [2.05, 4.69) is 4.98 Å². The molecule has 6 rings (SSSR count). The fourth-order valence-corrected chi connectivity index (χ4v) is 5.13. The van der Waals surface area contributed by atoms with Gasteiger partial charge in [0.2, 0.25) is 0 Å². The number of hydrogen-bond donors (Lipinski definition) is 1. The van der Waals surface area contributed by atoms with Crippen molar-refractivity contribution in [3.8, 4) is 23.0 Å². The van der Waals surface area contributed by atoms with Crippen LogP contribution in [-0.2, 0) is 22.7 Å². The second kappa shape index (κ2) is 11.7. The summed E-state index contributed by atoms with van der Waals surface area (Å²) in [5.41, 5.74) is 2.59. The summed E-state index contributed by atoms with van der Waals surface area (Å²) in [6.07, 6.45) is 3.27. The third-order valence-electron chi connectivity index (χ3n) is 7.17. The third kappa shape index (κ3) is 5.24. The van der Waals surface area contributed by atoms with Gasteiger partial charge in [-0.15, -0.1) is 0 Å². The standard InChI is InChI=1S/C33H28N2O7/c1-39-27-16-23(9-11-25(27)42-20-21-6-3-2-4-7-21)30-29(31(36)24-10-12-26-28(17-24)41-15-14-40-26)32(37)33(38)35(30)19-22-8-5-13-34-18-22/h2-13,16-18,30,36H,14-15,19-20H2,1H3/b31-29-. The lowest BCUT2D eigenvalue weighted by Gasteiger charge is -2.26. The highest BCUT2D eigenvalue weighted by molar-refractivity contribution is 6.46. The number of Topliss-reactive ketones (excluding diaryl/α,β-unsaturated/α-hetero) is 1. The predicted molar refractivity (Wildman–Crippen MR) is 153 cm³/mol. The molecule has 42 heavy (non-hydrogen) atoms. The van der Waals surface area contributed by atoms with E-state index < -0.39 is 17.7 Å². The highest BCUT2D eigenvalue weighted by Crippen LogP contribution is 2.43. The highest BCUT2D eigenvalue weighted by atomic mass is 16.6. The van der Waals surface area contributed by atoms with Crippen molar-refractivity contribution in [2.75, 3.05) is 20.3 Å². The molecule has 2 aliphatic rings. The van der Waals surface area contributed by atoms with Crippen molar-refractivity contribution in [1.82, 2.24) is 9.88 Å². The van der Waals surface area contributed by atoms with E-state index in [1.165, 1.54) is 12.0 Å². The number of hydrogen-bond acceptors (Lipinski definition) is 8. The summed E-state index contributed by atoms with van der Waals surface area (Å²) in [6, 6.07) is 22.6. The molecule has 1 amide bonds. The highest BCUT2D eigenvalue weighted by Gasteiger charge is 2.46. The van der Waals surface area contributed by atoms with E-state index in [4.69, 9.17) is 18.9 Å². The number of amides is 1. The fourth-order valence-electron chi connectivity index (χ4n) is 5.13. The molecular formula is C33H28N2O7. The molecular weight excluding hydrogens is 536 g/mol. The Morgan fingerprint density at radius 3 is 2.48 bits per heavy atom. The van der Waals surface area contributed by atoms with Gasteiger partial charge < -0.3 is 29.0 Å². The molecule has 9 nitrogen and oxygen atoms in total. The number of nitrogens with zero attached hydrogens (tertiary/aromatic N) is 2. The van der Waals surface area contributed by atoms with Crippen LogP contribution in [0.25, 0.3) is 5.76 Å². The summed E-state index contributed by atoms with van der Waals surface area (Å²) < 4.78 is 22.9. The number of rotatable bonds is 8. The number of methoxy groups -OCH3 is 1. The number of fused-ring (bicyclic) bond motifs is 1. The molecule has 1 atom stereocenters. The van der Waals surface area contributed by atoms with Crippen LogP contribution >= 0.6 is 0 Å². The van der Waals surface area contributed by atoms with Gasteiger partial charge in [0, 0.05) is 24.5 Å². The van der Waals surface area contributed by atoms with Crippen molar-refractivity contribution in [2.24, 2.45) is 0 Å². The molecule has 1 unspecified atom stereocenters. The van der Waals surface area contributed by atoms with Crippen LogP contribution in [-0.4, -0.2) is 47.0 Å². The molecule has 212 valence electrons. The van der Waals surface area contributed by atoms with E-state index in [-0.39, 0.29) is 17.9 Å². The van der Waals surface area contributed by atoms with E-state index >= 15 is 0 Å². The molecule has 1 aromatic heterocycles. The molecule has 0 spiro atoms. The van der Waals surface area contributed by atoms with Crippen LogP contribution in [0.2, 0.25) is 0 Å². The minimum atomic E-state index is -0.907. The van der Waals surface area contributed by atoms with E-state index in [1.807, 2.05) is 36.4 Å². The number of aliphatic hydroxyl groups excluding tert-OH is 1. The van der Waals surface area contributed by atoms with Gasteiger partial charge in [0.05, 0.1) is 18.7 Å². The average Bonchev–Trinajstić information content (AvgIpc) is 3.29. The number of aliphatic hydroxyl groups is 1. The van der Waals surface area contributed by atoms with Crippen molar-refractivity contribution in [3.05, 3.63) is 119 Å². The van der Waals surface area contributed by atoms with Gasteiger partial charge >= 0.3 is 0 Å². The summed E-state index contributed by atoms with van der Waals surface area (Å²) in [5.74, 6) is 0.0875. The lowest BCUT2D eigenvalue weighted by atomic mass is 9.94. The molecule has 0 radical (unpaired) electrons. The van der Waals surface area contributed by atoms with Crippen LogP contribution in [0.3, 0.4) is 0 Å². The van der Waals surface area contributed by atoms with Gasteiger partial charge in [0.1, 0.15) is 25.6 Å². The van der Waals surface area contributed by atoms with E-state index in [0.717, 1.165) is 11.1 Å². The topological polar surface area (TPSA) is 107 Å². The first kappa shape index (κ1) is 26.9. The molecule has 1 N–H and O–H groups in total. The largest absolute Gasteiger partial charge is 0.507 e. The normalized spacial score (nSPS) is 17.3. The van der Waals surface area contributed by atoms with Gasteiger partial charge in [-0.2, -0.15) is 0 Å². The monoisotopic (exact) mass is 564 g/mol. The quantitative estimate of drug-likeness (QED) is 0.180. The summed E-state index contributed by atoms with van der Waals surface area (Å²) in [5, 5.41) is 11.5. The fraction of sp³-hybridized carbons (Fsp3) is 0.182. The zero-order valence-corrected chi connectivity index (χ0v) is 22.9. The molecule has 4 aromatic rings. The Bertz CT molecular complexity index is 1650. The summed E-state index contributed by atoms with van der Waals surface area (Å²) in [6.45, 7) is 1.23. The SMILES string of the molecule is COc1cc(C2/C(=C(/O)c3ccc4c(c3)OCCO4)C(=O)C(=O)N2Cc2cccnc2)ccc1OCc1ccccc1. The van der Waals surface area contributed by atoms with Crippen LogP contribution < -0.4 is 18.9 Å². The molecule has 3 aromatic carbocycles. The number of likely N-dealkylation sites (tertiary alicyclic amines) is 1. The Kier molecular flexibility index (Phi) is 7.47. The smallest absolute Gasteiger partial charge is 0.295 e. The van der Waals surface area contributed by atoms with Gasteiger partial charge in [-0.25, -0.2) is 0 Å². The number of ketones is 1. The molecule has 1 fully saturated rings. The van der Waals surface area contributed by atoms with Crippen molar-refractivity contribution in [2.45, 2.75) is 19.2 Å². The third-order valence-corrected chi connectivity index (χ3v) is 7.17. The Balaban J connectivity index is 1.42. The first-order chi connectivity index (χ1) is 20.5. The number of benzene rings is 3. The van der Waals surface area contributed by atoms with Crippen molar-refractivity contribution in [3.63, 3.8) is 0 Å². The van der Waals surface area contributed by atoms with Gasteiger partial charge in [-0.05, 0) is 53.1 Å². The number of pyridine rings is 1. The first-order valence-corrected chi connectivity index (χ1v) is 13.5. The molecule has 0 saturated carbocycles. The molecule has 1 saturated heterocycles. The van der Waals surface area contributed by atoms with Crippen LogP contribution in [0.4, 0.5) is 0 Å². The summed E-state index contributed by atoms with van der Waals surface area (Å²) >= 11 is 0. The maximum Gasteiger partial charge on any atom is 0.295 e. The zero-order chi connectivity index (χ0) is 29.1. The minimum absolute atomic E-state index is 0.0411. The van der Waals surface area contributed by atoms with Gasteiger partial charge in [-0.1, -0.05) is 42.5 Å². The average molecular weight is 565 g/mol. The summed E-state index contributed by atoms with van der Waals surface area (Å²) in [7, 11) is 1.52. The number of ether oxygens (including phenoxy) is 4. The number of carbonyl (C=O) groups excluding carboxylic acids is 2. The Morgan fingerprint density at radius 2 is 1.71 bits per heavy atom. The van der Waals surface area contributed by atoms with E-state index in [9.17, 15) is 14.7 Å². The molecule has 3 heterocycles.